The van der Waals surface area contributed by atoms with Crippen LogP contribution in [-0.4, -0.2) is 39.4 Å². The molecule has 1 aromatic heterocycles. The molecule has 2 aromatic carbocycles. The van der Waals surface area contributed by atoms with E-state index in [-0.39, 0.29) is 17.6 Å². The predicted octanol–water partition coefficient (Wildman–Crippen LogP) is 3.69. The highest BCUT2D eigenvalue weighted by atomic mass is 32.2. The van der Waals surface area contributed by atoms with Gasteiger partial charge in [-0.15, -0.1) is 5.10 Å². The summed E-state index contributed by atoms with van der Waals surface area (Å²) in [7, 11) is 0. The maximum atomic E-state index is 12.1. The van der Waals surface area contributed by atoms with Crippen molar-refractivity contribution in [1.82, 2.24) is 15.2 Å². The van der Waals surface area contributed by atoms with E-state index < -0.39 is 0 Å². The van der Waals surface area contributed by atoms with Gasteiger partial charge in [-0.2, -0.15) is 0 Å². The summed E-state index contributed by atoms with van der Waals surface area (Å²) in [5.74, 6) is 0.270. The zero-order valence-corrected chi connectivity index (χ0v) is 16.4. The summed E-state index contributed by atoms with van der Waals surface area (Å²) in [5.41, 5.74) is 3.13. The summed E-state index contributed by atoms with van der Waals surface area (Å²) < 4.78 is 4.93. The number of ether oxygens (including phenoxy) is 1. The number of aromatic nitrogens is 3. The number of aromatic amines is 1. The molecule has 0 saturated carbocycles. The minimum atomic E-state index is -0.384. The van der Waals surface area contributed by atoms with Crippen molar-refractivity contribution < 1.29 is 14.3 Å². The van der Waals surface area contributed by atoms with Gasteiger partial charge in [0.05, 0.1) is 17.9 Å². The Hall–Kier alpha value is -3.13. The number of H-pyrrole nitrogens is 1. The van der Waals surface area contributed by atoms with Gasteiger partial charge in [-0.25, -0.2) is 9.78 Å². The molecule has 0 unspecified atom stereocenters. The van der Waals surface area contributed by atoms with E-state index in [1.165, 1.54) is 11.8 Å². The van der Waals surface area contributed by atoms with Gasteiger partial charge in [-0.1, -0.05) is 35.5 Å². The number of benzene rings is 2. The van der Waals surface area contributed by atoms with Crippen LogP contribution in [0.5, 0.6) is 0 Å². The molecule has 144 valence electrons. The van der Waals surface area contributed by atoms with Gasteiger partial charge in [-0.05, 0) is 44.2 Å². The fourth-order valence-electron chi connectivity index (χ4n) is 2.46. The summed E-state index contributed by atoms with van der Waals surface area (Å²) in [6, 6.07) is 14.5. The second-order valence-corrected chi connectivity index (χ2v) is 6.91. The van der Waals surface area contributed by atoms with E-state index in [0.717, 1.165) is 11.1 Å². The fourth-order valence-corrected chi connectivity index (χ4v) is 3.06. The molecule has 2 N–H and O–H groups in total. The van der Waals surface area contributed by atoms with Crippen LogP contribution in [0.1, 0.15) is 22.8 Å². The molecule has 0 bridgehead atoms. The number of anilines is 1. The Morgan fingerprint density at radius 2 is 1.96 bits per heavy atom. The van der Waals surface area contributed by atoms with Crippen LogP contribution >= 0.6 is 11.8 Å². The zero-order valence-electron chi connectivity index (χ0n) is 15.6. The fraction of sp³-hybridized carbons (Fsp3) is 0.200. The first-order chi connectivity index (χ1) is 13.5. The summed E-state index contributed by atoms with van der Waals surface area (Å²) in [5, 5.41) is 10.3. The Labute approximate surface area is 166 Å². The van der Waals surface area contributed by atoms with E-state index in [9.17, 15) is 9.59 Å². The second-order valence-electron chi connectivity index (χ2n) is 5.97. The van der Waals surface area contributed by atoms with Crippen molar-refractivity contribution in [3.05, 3.63) is 59.7 Å². The van der Waals surface area contributed by atoms with Crippen molar-refractivity contribution in [1.29, 1.82) is 0 Å². The molecular weight excluding hydrogens is 376 g/mol. The van der Waals surface area contributed by atoms with Gasteiger partial charge in [0.15, 0.2) is 5.82 Å². The standard InChI is InChI=1S/C20H20N4O3S/c1-3-27-19(26)14-7-9-16(10-8-14)21-17(25)12-28-20-22-18(23-24-20)15-6-4-5-13(2)11-15/h4-11H,3,12H2,1-2H3,(H,21,25)(H,22,23,24). The molecule has 0 aliphatic carbocycles. The summed E-state index contributed by atoms with van der Waals surface area (Å²) in [6.07, 6.45) is 0. The lowest BCUT2D eigenvalue weighted by Gasteiger charge is -2.05. The average molecular weight is 396 g/mol. The highest BCUT2D eigenvalue weighted by molar-refractivity contribution is 7.99. The van der Waals surface area contributed by atoms with E-state index in [4.69, 9.17) is 4.74 Å². The number of nitrogens with zero attached hydrogens (tertiary/aromatic N) is 2. The molecule has 7 nitrogen and oxygen atoms in total. The Morgan fingerprint density at radius 3 is 2.68 bits per heavy atom. The predicted molar refractivity (Wildman–Crippen MR) is 108 cm³/mol. The lowest BCUT2D eigenvalue weighted by Crippen LogP contribution is -2.14. The molecule has 3 aromatic rings. The zero-order chi connectivity index (χ0) is 19.9. The number of aryl methyl sites for hydroxylation is 1. The Balaban J connectivity index is 1.53. The molecule has 0 saturated heterocycles. The molecule has 0 radical (unpaired) electrons. The van der Waals surface area contributed by atoms with Crippen LogP contribution in [0.15, 0.2) is 53.7 Å². The van der Waals surface area contributed by atoms with Gasteiger partial charge >= 0.3 is 5.97 Å². The van der Waals surface area contributed by atoms with Crippen molar-refractivity contribution in [3.8, 4) is 11.4 Å². The molecule has 3 rings (SSSR count). The average Bonchev–Trinajstić information content (AvgIpc) is 3.16. The smallest absolute Gasteiger partial charge is 0.338 e. The summed E-state index contributed by atoms with van der Waals surface area (Å²) >= 11 is 1.24. The number of nitrogens with one attached hydrogen (secondary N) is 2. The number of hydrogen-bond acceptors (Lipinski definition) is 6. The molecule has 1 amide bonds. The van der Waals surface area contributed by atoms with E-state index in [0.29, 0.717) is 28.8 Å². The topological polar surface area (TPSA) is 97.0 Å². The lowest BCUT2D eigenvalue weighted by atomic mass is 10.1. The Morgan fingerprint density at radius 1 is 1.18 bits per heavy atom. The molecule has 0 aliphatic rings. The number of thioether (sulfide) groups is 1. The van der Waals surface area contributed by atoms with E-state index in [2.05, 4.69) is 20.5 Å². The highest BCUT2D eigenvalue weighted by Crippen LogP contribution is 2.20. The minimum absolute atomic E-state index is 0.171. The van der Waals surface area contributed by atoms with Crippen LogP contribution in [0.4, 0.5) is 5.69 Å². The largest absolute Gasteiger partial charge is 0.462 e. The first-order valence-electron chi connectivity index (χ1n) is 8.74. The maximum absolute atomic E-state index is 12.1. The van der Waals surface area contributed by atoms with Crippen LogP contribution in [0.3, 0.4) is 0 Å². The van der Waals surface area contributed by atoms with Crippen molar-refractivity contribution >= 4 is 29.3 Å². The maximum Gasteiger partial charge on any atom is 0.338 e. The molecule has 0 atom stereocenters. The number of esters is 1. The third kappa shape index (κ3) is 5.20. The Bertz CT molecular complexity index is 970. The van der Waals surface area contributed by atoms with Gasteiger partial charge in [-0.3, -0.25) is 9.89 Å². The third-order valence-electron chi connectivity index (χ3n) is 3.77. The van der Waals surface area contributed by atoms with Crippen LogP contribution in [0, 0.1) is 6.92 Å². The van der Waals surface area contributed by atoms with Crippen LogP contribution < -0.4 is 5.32 Å². The molecule has 1 heterocycles. The van der Waals surface area contributed by atoms with Crippen molar-refractivity contribution in [2.75, 3.05) is 17.7 Å². The van der Waals surface area contributed by atoms with Crippen molar-refractivity contribution in [2.45, 2.75) is 19.0 Å². The first kappa shape index (κ1) is 19.6. The lowest BCUT2D eigenvalue weighted by molar-refractivity contribution is -0.113. The molecule has 0 fully saturated rings. The van der Waals surface area contributed by atoms with Gasteiger partial charge < -0.3 is 10.1 Å². The van der Waals surface area contributed by atoms with Gasteiger partial charge in [0, 0.05) is 11.3 Å². The molecular formula is C20H20N4O3S. The summed E-state index contributed by atoms with van der Waals surface area (Å²) in [4.78, 5) is 28.2. The monoisotopic (exact) mass is 396 g/mol. The van der Waals surface area contributed by atoms with Gasteiger partial charge in [0.25, 0.3) is 0 Å². The number of carbonyl (C=O) groups excluding carboxylic acids is 2. The molecule has 8 heteroatoms. The normalized spacial score (nSPS) is 10.5. The van der Waals surface area contributed by atoms with Crippen LogP contribution in [0.25, 0.3) is 11.4 Å². The molecule has 0 spiro atoms. The van der Waals surface area contributed by atoms with Crippen LogP contribution in [0.2, 0.25) is 0 Å². The molecule has 28 heavy (non-hydrogen) atoms. The number of rotatable bonds is 7. The summed E-state index contributed by atoms with van der Waals surface area (Å²) in [6.45, 7) is 4.09. The number of carbonyl (C=O) groups is 2. The van der Waals surface area contributed by atoms with E-state index in [1.54, 1.807) is 31.2 Å². The van der Waals surface area contributed by atoms with E-state index >= 15 is 0 Å². The minimum Gasteiger partial charge on any atom is -0.462 e. The van der Waals surface area contributed by atoms with Crippen molar-refractivity contribution in [2.24, 2.45) is 0 Å². The van der Waals surface area contributed by atoms with Gasteiger partial charge in [0.2, 0.25) is 11.1 Å². The third-order valence-corrected chi connectivity index (χ3v) is 4.62. The van der Waals surface area contributed by atoms with Crippen molar-refractivity contribution in [3.63, 3.8) is 0 Å². The second kappa shape index (κ2) is 9.18. The SMILES string of the molecule is CCOC(=O)c1ccc(NC(=O)CSc2n[nH]c(-c3cccc(C)c3)n2)cc1. The van der Waals surface area contributed by atoms with Gasteiger partial charge in [0.1, 0.15) is 0 Å². The van der Waals surface area contributed by atoms with E-state index in [1.807, 2.05) is 31.2 Å². The highest BCUT2D eigenvalue weighted by Gasteiger charge is 2.10. The number of hydrogen-bond donors (Lipinski definition) is 2. The number of amides is 1. The first-order valence-corrected chi connectivity index (χ1v) is 9.73. The Kier molecular flexibility index (Phi) is 6.44. The quantitative estimate of drug-likeness (QED) is 0.467. The van der Waals surface area contributed by atoms with Crippen LogP contribution in [-0.2, 0) is 9.53 Å². The molecule has 0 aliphatic heterocycles.